The predicted molar refractivity (Wildman–Crippen MR) is 36.6 cm³/mol. The van der Waals surface area contributed by atoms with E-state index in [0.29, 0.717) is 0 Å². The molecular formula is C6H12FNO3. The van der Waals surface area contributed by atoms with E-state index in [4.69, 9.17) is 10.8 Å². The second kappa shape index (κ2) is 5.03. The van der Waals surface area contributed by atoms with Crippen molar-refractivity contribution in [3.05, 3.63) is 0 Å². The summed E-state index contributed by atoms with van der Waals surface area (Å²) in [5.74, 6) is -0.780. The van der Waals surface area contributed by atoms with Crippen molar-refractivity contribution in [2.45, 2.75) is 19.1 Å². The van der Waals surface area contributed by atoms with Crippen LogP contribution in [0.25, 0.3) is 0 Å². The molecule has 3 N–H and O–H groups in total. The average Bonchev–Trinajstić information content (AvgIpc) is 2.02. The van der Waals surface area contributed by atoms with E-state index >= 15 is 0 Å². The quantitative estimate of drug-likeness (QED) is 0.535. The summed E-state index contributed by atoms with van der Waals surface area (Å²) in [6.07, 6.45) is -1.46. The van der Waals surface area contributed by atoms with E-state index in [2.05, 4.69) is 4.74 Å². The SMILES string of the molecule is CCOC(=O)C(N)C(O)CF. The van der Waals surface area contributed by atoms with Crippen molar-refractivity contribution in [2.75, 3.05) is 13.3 Å². The molecule has 0 heterocycles. The van der Waals surface area contributed by atoms with Gasteiger partial charge in [0.2, 0.25) is 0 Å². The first-order valence-corrected chi connectivity index (χ1v) is 3.29. The van der Waals surface area contributed by atoms with Gasteiger partial charge in [0.05, 0.1) is 6.61 Å². The highest BCUT2D eigenvalue weighted by molar-refractivity contribution is 5.76. The van der Waals surface area contributed by atoms with Crippen LogP contribution >= 0.6 is 0 Å². The summed E-state index contributed by atoms with van der Waals surface area (Å²) in [7, 11) is 0. The lowest BCUT2D eigenvalue weighted by atomic mass is 10.2. The van der Waals surface area contributed by atoms with Crippen molar-refractivity contribution >= 4 is 5.97 Å². The molecule has 0 bridgehead atoms. The number of ether oxygens (including phenoxy) is 1. The predicted octanol–water partition coefficient (Wildman–Crippen LogP) is -0.793. The fraction of sp³-hybridized carbons (Fsp3) is 0.833. The molecule has 0 spiro atoms. The summed E-state index contributed by atoms with van der Waals surface area (Å²) in [4.78, 5) is 10.7. The molecule has 0 radical (unpaired) electrons. The van der Waals surface area contributed by atoms with Gasteiger partial charge in [-0.05, 0) is 6.92 Å². The molecule has 0 saturated carbocycles. The molecule has 0 aromatic heterocycles. The van der Waals surface area contributed by atoms with Crippen LogP contribution in [-0.4, -0.2) is 36.5 Å². The number of nitrogens with two attached hydrogens (primary N) is 1. The zero-order chi connectivity index (χ0) is 8.85. The topological polar surface area (TPSA) is 72.5 Å². The molecule has 4 nitrogen and oxygen atoms in total. The first-order valence-electron chi connectivity index (χ1n) is 3.29. The number of aliphatic hydroxyl groups is 1. The van der Waals surface area contributed by atoms with Crippen LogP contribution in [0.5, 0.6) is 0 Å². The van der Waals surface area contributed by atoms with Gasteiger partial charge in [0.1, 0.15) is 18.8 Å². The molecule has 0 aromatic rings. The summed E-state index contributed by atoms with van der Waals surface area (Å²) in [6, 6.07) is -1.28. The lowest BCUT2D eigenvalue weighted by Gasteiger charge is -2.13. The van der Waals surface area contributed by atoms with Crippen molar-refractivity contribution in [1.82, 2.24) is 0 Å². The Kier molecular flexibility index (Phi) is 4.72. The highest BCUT2D eigenvalue weighted by Crippen LogP contribution is 1.94. The lowest BCUT2D eigenvalue weighted by molar-refractivity contribution is -0.147. The number of halogens is 1. The maximum absolute atomic E-state index is 11.7. The fourth-order valence-corrected chi connectivity index (χ4v) is 0.492. The molecule has 11 heavy (non-hydrogen) atoms. The number of carbonyl (C=O) groups excluding carboxylic acids is 1. The Bertz CT molecular complexity index is 131. The van der Waals surface area contributed by atoms with E-state index in [9.17, 15) is 9.18 Å². The third-order valence-corrected chi connectivity index (χ3v) is 1.13. The van der Waals surface area contributed by atoms with E-state index in [0.717, 1.165) is 0 Å². The highest BCUT2D eigenvalue weighted by Gasteiger charge is 2.23. The van der Waals surface area contributed by atoms with Crippen molar-refractivity contribution in [2.24, 2.45) is 5.73 Å². The zero-order valence-electron chi connectivity index (χ0n) is 6.29. The van der Waals surface area contributed by atoms with Gasteiger partial charge >= 0.3 is 5.97 Å². The monoisotopic (exact) mass is 165 g/mol. The largest absolute Gasteiger partial charge is 0.465 e. The molecular weight excluding hydrogens is 153 g/mol. The smallest absolute Gasteiger partial charge is 0.325 e. The molecule has 66 valence electrons. The molecule has 0 rings (SSSR count). The van der Waals surface area contributed by atoms with Crippen molar-refractivity contribution in [1.29, 1.82) is 0 Å². The summed E-state index contributed by atoms with van der Waals surface area (Å²) in [5, 5.41) is 8.72. The van der Waals surface area contributed by atoms with Crippen LogP contribution in [0.3, 0.4) is 0 Å². The summed E-state index contributed by atoms with van der Waals surface area (Å²) in [6.45, 7) is 0.734. The first-order chi connectivity index (χ1) is 5.13. The van der Waals surface area contributed by atoms with Crippen molar-refractivity contribution in [3.8, 4) is 0 Å². The second-order valence-corrected chi connectivity index (χ2v) is 2.00. The summed E-state index contributed by atoms with van der Waals surface area (Å²) in [5.41, 5.74) is 5.09. The highest BCUT2D eigenvalue weighted by atomic mass is 19.1. The Morgan fingerprint density at radius 1 is 1.82 bits per heavy atom. The molecule has 0 saturated heterocycles. The lowest BCUT2D eigenvalue weighted by Crippen LogP contribution is -2.44. The van der Waals surface area contributed by atoms with E-state index in [-0.39, 0.29) is 6.61 Å². The fourth-order valence-electron chi connectivity index (χ4n) is 0.492. The number of alkyl halides is 1. The number of esters is 1. The Morgan fingerprint density at radius 2 is 2.36 bits per heavy atom. The molecule has 5 heteroatoms. The van der Waals surface area contributed by atoms with Gasteiger partial charge in [-0.15, -0.1) is 0 Å². The Morgan fingerprint density at radius 3 is 2.73 bits per heavy atom. The Labute approximate surface area is 64.1 Å². The van der Waals surface area contributed by atoms with Crippen LogP contribution < -0.4 is 5.73 Å². The van der Waals surface area contributed by atoms with Gasteiger partial charge in [-0.3, -0.25) is 4.79 Å². The van der Waals surface area contributed by atoms with Crippen LogP contribution in [0.15, 0.2) is 0 Å². The Balaban J connectivity index is 3.80. The minimum atomic E-state index is -1.46. The van der Waals surface area contributed by atoms with Gasteiger partial charge in [0.25, 0.3) is 0 Å². The first kappa shape index (κ1) is 10.3. The Hall–Kier alpha value is -0.680. The van der Waals surface area contributed by atoms with Crippen LogP contribution in [0.4, 0.5) is 4.39 Å². The van der Waals surface area contributed by atoms with Crippen LogP contribution in [0.2, 0.25) is 0 Å². The third-order valence-electron chi connectivity index (χ3n) is 1.13. The maximum Gasteiger partial charge on any atom is 0.325 e. The summed E-state index contributed by atoms with van der Waals surface area (Å²) < 4.78 is 16.1. The van der Waals surface area contributed by atoms with E-state index in [1.54, 1.807) is 6.92 Å². The van der Waals surface area contributed by atoms with Crippen molar-refractivity contribution < 1.29 is 19.0 Å². The van der Waals surface area contributed by atoms with Crippen LogP contribution in [-0.2, 0) is 9.53 Å². The van der Waals surface area contributed by atoms with Gasteiger partial charge in [-0.2, -0.15) is 0 Å². The standard InChI is InChI=1S/C6H12FNO3/c1-2-11-6(10)5(8)4(9)3-7/h4-5,9H,2-3,8H2,1H3. The van der Waals surface area contributed by atoms with Gasteiger partial charge < -0.3 is 15.6 Å². The normalized spacial score (nSPS) is 15.6. The van der Waals surface area contributed by atoms with Crippen molar-refractivity contribution in [3.63, 3.8) is 0 Å². The molecule has 0 amide bonds. The van der Waals surface area contributed by atoms with E-state index in [1.807, 2.05) is 0 Å². The number of hydrogen-bond acceptors (Lipinski definition) is 4. The second-order valence-electron chi connectivity index (χ2n) is 2.00. The van der Waals surface area contributed by atoms with Gasteiger partial charge in [-0.1, -0.05) is 0 Å². The van der Waals surface area contributed by atoms with Gasteiger partial charge in [0.15, 0.2) is 0 Å². The molecule has 2 unspecified atom stereocenters. The number of hydrogen-bond donors (Lipinski definition) is 2. The van der Waals surface area contributed by atoms with Gasteiger partial charge in [-0.25, -0.2) is 4.39 Å². The number of aliphatic hydroxyl groups excluding tert-OH is 1. The molecule has 0 aliphatic rings. The number of rotatable bonds is 4. The van der Waals surface area contributed by atoms with E-state index in [1.165, 1.54) is 0 Å². The van der Waals surface area contributed by atoms with Crippen LogP contribution in [0, 0.1) is 0 Å². The molecule has 0 aliphatic heterocycles. The van der Waals surface area contributed by atoms with Gasteiger partial charge in [0, 0.05) is 0 Å². The summed E-state index contributed by atoms with van der Waals surface area (Å²) >= 11 is 0. The molecule has 0 fully saturated rings. The minimum absolute atomic E-state index is 0.172. The maximum atomic E-state index is 11.7. The zero-order valence-corrected chi connectivity index (χ0v) is 6.29. The molecule has 0 aliphatic carbocycles. The van der Waals surface area contributed by atoms with Crippen LogP contribution in [0.1, 0.15) is 6.92 Å². The average molecular weight is 165 g/mol. The molecule has 2 atom stereocenters. The third kappa shape index (κ3) is 3.29. The number of carbonyl (C=O) groups is 1. The van der Waals surface area contributed by atoms with E-state index < -0.39 is 24.8 Å². The molecule has 0 aromatic carbocycles. The minimum Gasteiger partial charge on any atom is -0.465 e.